The molecule has 0 aliphatic heterocycles. The van der Waals surface area contributed by atoms with Crippen molar-refractivity contribution >= 4 is 0 Å². The van der Waals surface area contributed by atoms with E-state index in [9.17, 15) is 22.0 Å². The number of methoxy groups -OCH3 is 1. The Labute approximate surface area is 210 Å². The minimum atomic E-state index is -3.15. The molecule has 0 spiro atoms. The van der Waals surface area contributed by atoms with Crippen LogP contribution in [0.25, 0.3) is 0 Å². The number of rotatable bonds is 3. The number of alkyl halides is 5. The number of hydrogen-bond acceptors (Lipinski definition) is 1. The van der Waals surface area contributed by atoms with Gasteiger partial charge >= 0.3 is 6.11 Å². The first-order valence-electron chi connectivity index (χ1n) is 5.52. The number of ether oxygens (including phenoxy) is 1. The van der Waals surface area contributed by atoms with Gasteiger partial charge < -0.3 is 4.74 Å². The van der Waals surface area contributed by atoms with Crippen LogP contribution in [0, 0.1) is 0 Å². The normalized spacial score (nSPS) is 4.94. The molecule has 1 nitrogen and oxygen atoms in total. The second-order valence-corrected chi connectivity index (χ2v) is 2.72. The first-order chi connectivity index (χ1) is 8.25. The van der Waals surface area contributed by atoms with Crippen molar-refractivity contribution in [1.82, 2.24) is 0 Å². The first-order valence-corrected chi connectivity index (χ1v) is 5.52. The Morgan fingerprint density at radius 3 is 0.750 bits per heavy atom. The van der Waals surface area contributed by atoms with Gasteiger partial charge in [-0.3, -0.25) is 13.2 Å². The molecule has 0 saturated heterocycles. The highest BCUT2D eigenvalue weighted by atomic mass is 19.3. The van der Waals surface area contributed by atoms with Gasteiger partial charge in [0.1, 0.15) is 0 Å². The summed E-state index contributed by atoms with van der Waals surface area (Å²) in [4.78, 5) is 0. The Balaban J connectivity index is -0.00000000470. The third-order valence-corrected chi connectivity index (χ3v) is 0.942. The predicted octanol–water partition coefficient (Wildman–Crippen LogP) is 14.0. The van der Waals surface area contributed by atoms with Gasteiger partial charge in [-0.25, -0.2) is 0 Å². The van der Waals surface area contributed by atoms with Gasteiger partial charge in [-0.15, -0.1) is 0 Å². The van der Waals surface area contributed by atoms with Crippen molar-refractivity contribution < 1.29 is 26.7 Å². The first kappa shape index (κ1) is 162. The topological polar surface area (TPSA) is 9.23 Å². The van der Waals surface area contributed by atoms with Crippen molar-refractivity contribution in [2.75, 3.05) is 27.1 Å². The smallest absolute Gasteiger partial charge is 0.320 e. The van der Waals surface area contributed by atoms with E-state index in [-0.39, 0.29) is 130 Å². The molecule has 32 heavy (non-hydrogen) atoms. The molecule has 0 heterocycles. The zero-order chi connectivity index (χ0) is 15.6. The van der Waals surface area contributed by atoms with E-state index in [1.807, 2.05) is 0 Å². The minimum Gasteiger partial charge on any atom is -0.320 e. The molecule has 0 amide bonds. The summed E-state index contributed by atoms with van der Waals surface area (Å²) in [6.45, 7) is 8.28. The van der Waals surface area contributed by atoms with E-state index in [4.69, 9.17) is 0 Å². The van der Waals surface area contributed by atoms with Crippen LogP contribution in [0.15, 0.2) is 12.2 Å². The van der Waals surface area contributed by atoms with E-state index in [2.05, 4.69) is 11.3 Å². The van der Waals surface area contributed by atoms with Crippen LogP contribution in [-0.4, -0.2) is 33.2 Å². The van der Waals surface area contributed by atoms with Gasteiger partial charge in [-0.05, 0) is 27.2 Å². The minimum absolute atomic E-state index is 0. The number of hydrogen-bond donors (Lipinski definition) is 0. The maximum absolute atomic E-state index is 12.0. The maximum Gasteiger partial charge on any atom is 0.378 e. The van der Waals surface area contributed by atoms with E-state index in [1.54, 1.807) is 6.92 Å². The van der Waals surface area contributed by atoms with Crippen molar-refractivity contribution in [1.29, 1.82) is 0 Å². The summed E-state index contributed by atoms with van der Waals surface area (Å²) >= 11 is 0. The molecule has 0 fully saturated rings. The van der Waals surface area contributed by atoms with Crippen molar-refractivity contribution in [2.45, 2.75) is 144 Å². The van der Waals surface area contributed by atoms with Crippen LogP contribution in [0.1, 0.15) is 138 Å². The average molecular weight is 505 g/mol. The Kier molecular flexibility index (Phi) is 743. The summed E-state index contributed by atoms with van der Waals surface area (Å²) in [5, 5.41) is 0. The molecule has 0 rings (SSSR count). The fourth-order valence-corrected chi connectivity index (χ4v) is 0.174. The standard InChI is InChI=1S/C5H8F2O.C3H7F.2C2H5F.14CH4/c1-4(2)5(6,7)8-3;1-2-3-4;2*1-2-3;;;;;;;;;;;;;;/h1H2,2-3H3;2-3H2,1H3;2*2H2,1H3;14*1H4. The lowest BCUT2D eigenvalue weighted by atomic mass is 10.3. The predicted molar refractivity (Wildman–Crippen MR) is 161 cm³/mol. The molecule has 226 valence electrons. The lowest BCUT2D eigenvalue weighted by molar-refractivity contribution is -0.189. The maximum atomic E-state index is 12.0. The summed E-state index contributed by atoms with van der Waals surface area (Å²) in [5.74, 6) is 0. The Morgan fingerprint density at radius 2 is 0.750 bits per heavy atom. The molecule has 0 unspecified atom stereocenters. The van der Waals surface area contributed by atoms with Gasteiger partial charge in [0.2, 0.25) is 0 Å². The molecule has 6 heteroatoms. The zero-order valence-electron chi connectivity index (χ0n) is 11.8. The second-order valence-electron chi connectivity index (χ2n) is 2.72. The quantitative estimate of drug-likeness (QED) is 0.274. The molecule has 0 atom stereocenters. The SMILES string of the molecule is C.C.C.C.C.C.C.C.C.C.C.C.C.C.C=C(C)C(F)(F)OC.CCCF.CCF.CCF. The molecular formula is C26H81F5O. The summed E-state index contributed by atoms with van der Waals surface area (Å²) in [6, 6.07) is 0. The van der Waals surface area contributed by atoms with Gasteiger partial charge in [-0.2, -0.15) is 8.78 Å². The molecule has 0 aromatic rings. The second kappa shape index (κ2) is 147. The van der Waals surface area contributed by atoms with Crippen LogP contribution >= 0.6 is 0 Å². The van der Waals surface area contributed by atoms with Crippen molar-refractivity contribution in [3.63, 3.8) is 0 Å². The van der Waals surface area contributed by atoms with Crippen molar-refractivity contribution in [3.05, 3.63) is 12.2 Å². The highest BCUT2D eigenvalue weighted by molar-refractivity contribution is 4.97. The lowest BCUT2D eigenvalue weighted by Crippen LogP contribution is -2.18. The van der Waals surface area contributed by atoms with Crippen molar-refractivity contribution in [2.24, 2.45) is 0 Å². The van der Waals surface area contributed by atoms with Crippen LogP contribution in [0.2, 0.25) is 0 Å². The molecule has 0 N–H and O–H groups in total. The van der Waals surface area contributed by atoms with E-state index < -0.39 is 6.11 Å². The molecule has 0 saturated carbocycles. The monoisotopic (exact) mass is 505 g/mol. The van der Waals surface area contributed by atoms with E-state index in [1.165, 1.54) is 20.8 Å². The third-order valence-electron chi connectivity index (χ3n) is 0.942. The number of halogens is 5. The van der Waals surface area contributed by atoms with Gasteiger partial charge in [0.05, 0.1) is 20.0 Å². The third kappa shape index (κ3) is 270. The zero-order valence-corrected chi connectivity index (χ0v) is 11.8. The highest BCUT2D eigenvalue weighted by Gasteiger charge is 2.28. The van der Waals surface area contributed by atoms with Gasteiger partial charge in [0.25, 0.3) is 0 Å². The van der Waals surface area contributed by atoms with E-state index in [0.717, 1.165) is 7.11 Å². The molecule has 0 aliphatic carbocycles. The van der Waals surface area contributed by atoms with E-state index in [0.29, 0.717) is 6.42 Å². The van der Waals surface area contributed by atoms with Gasteiger partial charge in [0.15, 0.2) is 0 Å². The molecule has 0 aliphatic rings. The van der Waals surface area contributed by atoms with Crippen LogP contribution in [-0.2, 0) is 4.74 Å². The van der Waals surface area contributed by atoms with Crippen LogP contribution < -0.4 is 0 Å². The highest BCUT2D eigenvalue weighted by Crippen LogP contribution is 2.21. The van der Waals surface area contributed by atoms with Gasteiger partial charge in [0, 0.05) is 12.7 Å². The van der Waals surface area contributed by atoms with Crippen LogP contribution in [0.3, 0.4) is 0 Å². The average Bonchev–Trinajstić information content (AvgIpc) is 2.31. The molecule has 0 bridgehead atoms. The van der Waals surface area contributed by atoms with Gasteiger partial charge in [-0.1, -0.05) is 117 Å². The van der Waals surface area contributed by atoms with Crippen LogP contribution in [0.5, 0.6) is 0 Å². The molecule has 0 radical (unpaired) electrons. The van der Waals surface area contributed by atoms with Crippen molar-refractivity contribution in [3.8, 4) is 0 Å². The molecule has 0 aromatic carbocycles. The summed E-state index contributed by atoms with van der Waals surface area (Å²) < 4.78 is 59.0. The summed E-state index contributed by atoms with van der Waals surface area (Å²) in [7, 11) is 0.939. The Morgan fingerprint density at radius 1 is 0.625 bits per heavy atom. The molecule has 0 aromatic heterocycles. The Hall–Kier alpha value is -0.650. The largest absolute Gasteiger partial charge is 0.378 e. The fourth-order valence-electron chi connectivity index (χ4n) is 0.174. The summed E-state index contributed by atoms with van der Waals surface area (Å²) in [5.41, 5.74) is -0.278. The van der Waals surface area contributed by atoms with Crippen LogP contribution in [0.4, 0.5) is 22.0 Å². The lowest BCUT2D eigenvalue weighted by Gasteiger charge is -2.11. The van der Waals surface area contributed by atoms with E-state index >= 15 is 0 Å². The summed E-state index contributed by atoms with van der Waals surface area (Å²) in [6.07, 6.45) is -2.50. The Bertz CT molecular complexity index is 153. The fraction of sp³-hybridized carbons (Fsp3) is 0.923. The molecular weight excluding hydrogens is 423 g/mol.